The number of hydrogen-bond donors (Lipinski definition) is 2. The van der Waals surface area contributed by atoms with E-state index in [9.17, 15) is 14.4 Å². The number of anilines is 2. The van der Waals surface area contributed by atoms with Crippen LogP contribution in [0.3, 0.4) is 0 Å². The Balaban J connectivity index is 1.12. The van der Waals surface area contributed by atoms with Crippen LogP contribution >= 0.6 is 11.6 Å². The molecule has 3 amide bonds. The Morgan fingerprint density at radius 1 is 1.03 bits per heavy atom. The van der Waals surface area contributed by atoms with Gasteiger partial charge < -0.3 is 10.6 Å². The molecule has 2 aromatic carbocycles. The van der Waals surface area contributed by atoms with Crippen LogP contribution < -0.4 is 10.6 Å². The lowest BCUT2D eigenvalue weighted by atomic mass is 9.79. The van der Waals surface area contributed by atoms with Crippen LogP contribution in [-0.4, -0.2) is 45.5 Å². The second kappa shape index (κ2) is 8.74. The Labute approximate surface area is 230 Å². The van der Waals surface area contributed by atoms with E-state index >= 15 is 0 Å². The Hall–Kier alpha value is -4.04. The number of pyridine rings is 1. The van der Waals surface area contributed by atoms with Gasteiger partial charge in [0, 0.05) is 23.0 Å². The zero-order valence-corrected chi connectivity index (χ0v) is 21.9. The number of amidine groups is 1. The summed E-state index contributed by atoms with van der Waals surface area (Å²) in [5.41, 5.74) is 2.80. The number of amides is 3. The molecule has 9 heteroatoms. The third-order valence-corrected chi connectivity index (χ3v) is 8.86. The van der Waals surface area contributed by atoms with Crippen molar-refractivity contribution in [2.45, 2.75) is 49.5 Å². The quantitative estimate of drug-likeness (QED) is 0.517. The number of hydrogen-bond acceptors (Lipinski definition) is 5. The molecule has 1 unspecified atom stereocenters. The molecule has 1 saturated carbocycles. The molecule has 1 fully saturated rings. The molecule has 0 radical (unpaired) electrons. The minimum absolute atomic E-state index is 0.0437. The first-order valence-corrected chi connectivity index (χ1v) is 13.6. The standard InChI is InChI=1S/C30H26ClN5O3/c31-23-8-2-1-6-21(23)26-35-30(11-3-4-12-30)28(39)36(26)17-24(37)33-20-10-9-18-15-29(16-19(18)14-20)22-7-5-13-32-25(22)34-27(29)38/h1-2,5-10,13-14H,3-4,11-12,15-17H2,(H,33,37)(H,32,34,38). The van der Waals surface area contributed by atoms with Gasteiger partial charge in [-0.25, -0.2) is 4.98 Å². The van der Waals surface area contributed by atoms with Gasteiger partial charge in [-0.2, -0.15) is 0 Å². The van der Waals surface area contributed by atoms with Crippen molar-refractivity contribution in [1.82, 2.24) is 9.88 Å². The lowest BCUT2D eigenvalue weighted by Crippen LogP contribution is -2.45. The summed E-state index contributed by atoms with van der Waals surface area (Å²) in [6, 6.07) is 16.8. The van der Waals surface area contributed by atoms with E-state index in [0.717, 1.165) is 29.5 Å². The number of rotatable bonds is 4. The number of aliphatic imine (C=N–C) groups is 1. The minimum atomic E-state index is -0.802. The van der Waals surface area contributed by atoms with Gasteiger partial charge in [0.05, 0.1) is 10.4 Å². The highest BCUT2D eigenvalue weighted by Crippen LogP contribution is 2.47. The predicted molar refractivity (Wildman–Crippen MR) is 148 cm³/mol. The lowest BCUT2D eigenvalue weighted by molar-refractivity contribution is -0.133. The summed E-state index contributed by atoms with van der Waals surface area (Å²) < 4.78 is 0. The van der Waals surface area contributed by atoms with Gasteiger partial charge in [0.1, 0.15) is 23.7 Å². The Kier molecular flexibility index (Phi) is 5.39. The summed E-state index contributed by atoms with van der Waals surface area (Å²) in [6.07, 6.45) is 6.01. The molecule has 2 aliphatic carbocycles. The first-order valence-electron chi connectivity index (χ1n) is 13.2. The number of carbonyl (C=O) groups is 3. The molecule has 1 aromatic heterocycles. The molecule has 2 spiro atoms. The SMILES string of the molecule is O=C(CN1C(=O)C2(CCCC2)N=C1c1ccccc1Cl)Nc1ccc2c(c1)CC1(C2)C(=O)Nc2ncccc21. The number of nitrogens with zero attached hydrogens (tertiary/aromatic N) is 3. The van der Waals surface area contributed by atoms with E-state index in [1.54, 1.807) is 12.3 Å². The van der Waals surface area contributed by atoms with Crippen molar-refractivity contribution in [3.05, 3.63) is 88.1 Å². The molecule has 8 nitrogen and oxygen atoms in total. The van der Waals surface area contributed by atoms with Crippen LogP contribution in [0.15, 0.2) is 65.8 Å². The fourth-order valence-electron chi connectivity index (χ4n) is 6.63. The molecule has 39 heavy (non-hydrogen) atoms. The van der Waals surface area contributed by atoms with Crippen LogP contribution in [0.25, 0.3) is 0 Å². The summed E-state index contributed by atoms with van der Waals surface area (Å²) in [4.78, 5) is 50.6. The number of halogens is 1. The molecule has 196 valence electrons. The summed E-state index contributed by atoms with van der Waals surface area (Å²) in [5, 5.41) is 6.37. The largest absolute Gasteiger partial charge is 0.325 e. The Morgan fingerprint density at radius 3 is 2.64 bits per heavy atom. The maximum absolute atomic E-state index is 13.6. The smallest absolute Gasteiger partial charge is 0.256 e. The average molecular weight is 540 g/mol. The van der Waals surface area contributed by atoms with Gasteiger partial charge in [0.15, 0.2) is 0 Å². The van der Waals surface area contributed by atoms with Gasteiger partial charge >= 0.3 is 0 Å². The van der Waals surface area contributed by atoms with Crippen LogP contribution in [0.2, 0.25) is 5.02 Å². The second-order valence-electron chi connectivity index (χ2n) is 10.9. The summed E-state index contributed by atoms with van der Waals surface area (Å²) in [5.74, 6) is 0.574. The van der Waals surface area contributed by atoms with Crippen molar-refractivity contribution in [1.29, 1.82) is 0 Å². The maximum atomic E-state index is 13.6. The Bertz CT molecular complexity index is 1590. The van der Waals surface area contributed by atoms with E-state index in [1.807, 2.05) is 48.5 Å². The van der Waals surface area contributed by atoms with Crippen molar-refractivity contribution in [2.75, 3.05) is 17.2 Å². The predicted octanol–water partition coefficient (Wildman–Crippen LogP) is 4.26. The van der Waals surface area contributed by atoms with Crippen molar-refractivity contribution in [2.24, 2.45) is 4.99 Å². The molecule has 2 N–H and O–H groups in total. The van der Waals surface area contributed by atoms with E-state index < -0.39 is 11.0 Å². The fourth-order valence-corrected chi connectivity index (χ4v) is 6.85. The van der Waals surface area contributed by atoms with E-state index in [2.05, 4.69) is 15.6 Å². The van der Waals surface area contributed by atoms with Gasteiger partial charge in [-0.05, 0) is 67.1 Å². The molecule has 3 heterocycles. The molecule has 1 atom stereocenters. The van der Waals surface area contributed by atoms with Crippen molar-refractivity contribution < 1.29 is 14.4 Å². The highest BCUT2D eigenvalue weighted by atomic mass is 35.5. The van der Waals surface area contributed by atoms with E-state index in [1.165, 1.54) is 4.90 Å². The summed E-state index contributed by atoms with van der Waals surface area (Å²) in [6.45, 7) is -0.160. The van der Waals surface area contributed by atoms with Crippen LogP contribution in [-0.2, 0) is 32.6 Å². The van der Waals surface area contributed by atoms with Crippen LogP contribution in [0, 0.1) is 0 Å². The zero-order valence-electron chi connectivity index (χ0n) is 21.2. The van der Waals surface area contributed by atoms with Crippen LogP contribution in [0.4, 0.5) is 11.5 Å². The van der Waals surface area contributed by atoms with Crippen LogP contribution in [0.5, 0.6) is 0 Å². The van der Waals surface area contributed by atoms with Gasteiger partial charge in [0.25, 0.3) is 5.91 Å². The maximum Gasteiger partial charge on any atom is 0.256 e. The highest BCUT2D eigenvalue weighted by molar-refractivity contribution is 6.35. The molecule has 3 aromatic rings. The number of fused-ring (bicyclic) bond motifs is 3. The van der Waals surface area contributed by atoms with Crippen molar-refractivity contribution in [3.63, 3.8) is 0 Å². The van der Waals surface area contributed by atoms with Crippen molar-refractivity contribution in [3.8, 4) is 0 Å². The van der Waals surface area contributed by atoms with Gasteiger partial charge in [0.2, 0.25) is 11.8 Å². The van der Waals surface area contributed by atoms with Crippen LogP contribution in [0.1, 0.15) is 47.9 Å². The first-order chi connectivity index (χ1) is 18.9. The molecule has 7 rings (SSSR count). The normalized spacial score (nSPS) is 22.3. The monoisotopic (exact) mass is 539 g/mol. The topological polar surface area (TPSA) is 104 Å². The Morgan fingerprint density at radius 2 is 1.82 bits per heavy atom. The molecule has 4 aliphatic rings. The summed E-state index contributed by atoms with van der Waals surface area (Å²) in [7, 11) is 0. The fraction of sp³-hybridized carbons (Fsp3) is 0.300. The first kappa shape index (κ1) is 24.0. The third-order valence-electron chi connectivity index (χ3n) is 8.53. The second-order valence-corrected chi connectivity index (χ2v) is 11.3. The molecule has 2 aliphatic heterocycles. The number of aromatic nitrogens is 1. The highest BCUT2D eigenvalue weighted by Gasteiger charge is 2.52. The average Bonchev–Trinajstić information content (AvgIpc) is 3.68. The molecular formula is C30H26ClN5O3. The van der Waals surface area contributed by atoms with Crippen molar-refractivity contribution >= 4 is 46.7 Å². The zero-order chi connectivity index (χ0) is 26.8. The number of nitrogens with one attached hydrogen (secondary N) is 2. The lowest BCUT2D eigenvalue weighted by Gasteiger charge is -2.22. The van der Waals surface area contributed by atoms with Gasteiger partial charge in [-0.15, -0.1) is 0 Å². The minimum Gasteiger partial charge on any atom is -0.325 e. The molecule has 0 bridgehead atoms. The van der Waals surface area contributed by atoms with Gasteiger partial charge in [-0.1, -0.05) is 48.7 Å². The molecule has 0 saturated heterocycles. The summed E-state index contributed by atoms with van der Waals surface area (Å²) >= 11 is 6.47. The third kappa shape index (κ3) is 3.69. The van der Waals surface area contributed by atoms with E-state index in [-0.39, 0.29) is 24.3 Å². The number of carbonyl (C=O) groups excluding carboxylic acids is 3. The van der Waals surface area contributed by atoms with Gasteiger partial charge in [-0.3, -0.25) is 24.3 Å². The number of benzene rings is 2. The molecular weight excluding hydrogens is 514 g/mol. The van der Waals surface area contributed by atoms with E-state index in [0.29, 0.717) is 53.6 Å². The van der Waals surface area contributed by atoms with E-state index in [4.69, 9.17) is 16.6 Å².